The SMILES string of the molecule is CCNCc1cn(CCCCO)c2cc(Cl)ccc12. The van der Waals surface area contributed by atoms with Gasteiger partial charge in [-0.1, -0.05) is 24.6 Å². The van der Waals surface area contributed by atoms with E-state index in [1.165, 1.54) is 16.5 Å². The zero-order chi connectivity index (χ0) is 13.7. The lowest BCUT2D eigenvalue weighted by Gasteiger charge is -2.04. The first-order chi connectivity index (χ1) is 9.26. The first-order valence-corrected chi connectivity index (χ1v) is 7.23. The molecule has 3 nitrogen and oxygen atoms in total. The van der Waals surface area contributed by atoms with Gasteiger partial charge >= 0.3 is 0 Å². The summed E-state index contributed by atoms with van der Waals surface area (Å²) in [5, 5.41) is 14.3. The van der Waals surface area contributed by atoms with E-state index in [9.17, 15) is 0 Å². The molecule has 0 unspecified atom stereocenters. The van der Waals surface area contributed by atoms with Crippen LogP contribution in [0.1, 0.15) is 25.3 Å². The van der Waals surface area contributed by atoms with E-state index in [0.29, 0.717) is 0 Å². The quantitative estimate of drug-likeness (QED) is 0.765. The van der Waals surface area contributed by atoms with Crippen molar-refractivity contribution in [3.05, 3.63) is 35.0 Å². The standard InChI is InChI=1S/C15H21ClN2O/c1-2-17-10-12-11-18(7-3-4-8-19)15-9-13(16)5-6-14(12)15/h5-6,9,11,17,19H,2-4,7-8,10H2,1H3. The molecule has 0 saturated carbocycles. The zero-order valence-corrected chi connectivity index (χ0v) is 12.1. The number of nitrogens with zero attached hydrogens (tertiary/aromatic N) is 1. The van der Waals surface area contributed by atoms with Crippen molar-refractivity contribution in [1.82, 2.24) is 9.88 Å². The third-order valence-electron chi connectivity index (χ3n) is 3.30. The lowest BCUT2D eigenvalue weighted by Crippen LogP contribution is -2.11. The molecular weight excluding hydrogens is 260 g/mol. The maximum absolute atomic E-state index is 8.88. The minimum atomic E-state index is 0.254. The normalized spacial score (nSPS) is 11.3. The maximum Gasteiger partial charge on any atom is 0.0498 e. The molecular formula is C15H21ClN2O. The second-order valence-corrected chi connectivity index (χ2v) is 5.16. The molecule has 19 heavy (non-hydrogen) atoms. The van der Waals surface area contributed by atoms with Gasteiger partial charge in [-0.2, -0.15) is 0 Å². The van der Waals surface area contributed by atoms with Gasteiger partial charge in [0.1, 0.15) is 0 Å². The molecule has 0 fully saturated rings. The second-order valence-electron chi connectivity index (χ2n) is 4.72. The number of nitrogens with one attached hydrogen (secondary N) is 1. The molecule has 0 amide bonds. The Kier molecular flexibility index (Phi) is 5.25. The zero-order valence-electron chi connectivity index (χ0n) is 11.3. The van der Waals surface area contributed by atoms with E-state index >= 15 is 0 Å². The van der Waals surface area contributed by atoms with Crippen LogP contribution in [-0.2, 0) is 13.1 Å². The smallest absolute Gasteiger partial charge is 0.0498 e. The van der Waals surface area contributed by atoms with Crippen molar-refractivity contribution in [1.29, 1.82) is 0 Å². The summed E-state index contributed by atoms with van der Waals surface area (Å²) in [5.74, 6) is 0. The summed E-state index contributed by atoms with van der Waals surface area (Å²) in [6, 6.07) is 6.05. The Bertz CT molecular complexity index is 536. The Balaban J connectivity index is 2.30. The minimum Gasteiger partial charge on any atom is -0.396 e. The van der Waals surface area contributed by atoms with Crippen molar-refractivity contribution < 1.29 is 5.11 Å². The topological polar surface area (TPSA) is 37.2 Å². The van der Waals surface area contributed by atoms with Crippen LogP contribution in [0.15, 0.2) is 24.4 Å². The van der Waals surface area contributed by atoms with E-state index in [0.717, 1.165) is 37.5 Å². The monoisotopic (exact) mass is 280 g/mol. The number of hydrogen-bond acceptors (Lipinski definition) is 2. The fraction of sp³-hybridized carbons (Fsp3) is 0.467. The van der Waals surface area contributed by atoms with Crippen LogP contribution < -0.4 is 5.32 Å². The van der Waals surface area contributed by atoms with Crippen molar-refractivity contribution in [3.63, 3.8) is 0 Å². The van der Waals surface area contributed by atoms with Crippen molar-refractivity contribution in [2.24, 2.45) is 0 Å². The van der Waals surface area contributed by atoms with Crippen LogP contribution in [0, 0.1) is 0 Å². The predicted octanol–water partition coefficient (Wildman–Crippen LogP) is 3.18. The van der Waals surface area contributed by atoms with Gasteiger partial charge in [-0.05, 0) is 37.1 Å². The van der Waals surface area contributed by atoms with Crippen LogP contribution in [0.4, 0.5) is 0 Å². The molecule has 2 rings (SSSR count). The largest absolute Gasteiger partial charge is 0.396 e. The first kappa shape index (κ1) is 14.4. The number of aryl methyl sites for hydroxylation is 1. The number of hydrogen-bond donors (Lipinski definition) is 2. The summed E-state index contributed by atoms with van der Waals surface area (Å²) in [6.45, 7) is 5.12. The number of unbranched alkanes of at least 4 members (excludes halogenated alkanes) is 1. The number of aliphatic hydroxyl groups is 1. The van der Waals surface area contributed by atoms with E-state index < -0.39 is 0 Å². The van der Waals surface area contributed by atoms with Crippen LogP contribution in [0.3, 0.4) is 0 Å². The van der Waals surface area contributed by atoms with Crippen molar-refractivity contribution in [3.8, 4) is 0 Å². The Labute approximate surface area is 119 Å². The molecule has 1 aromatic heterocycles. The summed E-state index contributed by atoms with van der Waals surface area (Å²) < 4.78 is 2.24. The van der Waals surface area contributed by atoms with Gasteiger partial charge in [0.25, 0.3) is 0 Å². The summed E-state index contributed by atoms with van der Waals surface area (Å²) in [6.07, 6.45) is 4.01. The van der Waals surface area contributed by atoms with E-state index in [1.54, 1.807) is 0 Å². The molecule has 4 heteroatoms. The molecule has 1 heterocycles. The molecule has 0 saturated heterocycles. The Morgan fingerprint density at radius 3 is 2.89 bits per heavy atom. The molecule has 0 atom stereocenters. The van der Waals surface area contributed by atoms with Gasteiger partial charge in [-0.3, -0.25) is 0 Å². The minimum absolute atomic E-state index is 0.254. The average molecular weight is 281 g/mol. The molecule has 104 valence electrons. The van der Waals surface area contributed by atoms with Crippen LogP contribution >= 0.6 is 11.6 Å². The highest BCUT2D eigenvalue weighted by Crippen LogP contribution is 2.25. The number of halogens is 1. The summed E-state index contributed by atoms with van der Waals surface area (Å²) in [4.78, 5) is 0. The number of rotatable bonds is 7. The number of aliphatic hydroxyl groups excluding tert-OH is 1. The van der Waals surface area contributed by atoms with E-state index in [4.69, 9.17) is 16.7 Å². The van der Waals surface area contributed by atoms with Crippen LogP contribution in [0.2, 0.25) is 5.02 Å². The van der Waals surface area contributed by atoms with Gasteiger partial charge in [0.05, 0.1) is 0 Å². The molecule has 0 aliphatic rings. The number of fused-ring (bicyclic) bond motifs is 1. The molecule has 0 aliphatic heterocycles. The van der Waals surface area contributed by atoms with E-state index in [1.807, 2.05) is 12.1 Å². The molecule has 2 aromatic rings. The summed E-state index contributed by atoms with van der Waals surface area (Å²) >= 11 is 6.10. The van der Waals surface area contributed by atoms with E-state index in [2.05, 4.69) is 29.1 Å². The highest BCUT2D eigenvalue weighted by atomic mass is 35.5. The van der Waals surface area contributed by atoms with Gasteiger partial charge < -0.3 is 15.0 Å². The van der Waals surface area contributed by atoms with Crippen molar-refractivity contribution in [2.45, 2.75) is 32.9 Å². The third-order valence-corrected chi connectivity index (χ3v) is 3.53. The van der Waals surface area contributed by atoms with Crippen LogP contribution in [0.25, 0.3) is 10.9 Å². The highest BCUT2D eigenvalue weighted by molar-refractivity contribution is 6.31. The molecule has 1 aromatic carbocycles. The fourth-order valence-corrected chi connectivity index (χ4v) is 2.49. The van der Waals surface area contributed by atoms with Gasteiger partial charge in [0.15, 0.2) is 0 Å². The molecule has 0 radical (unpaired) electrons. The molecule has 0 aliphatic carbocycles. The lowest BCUT2D eigenvalue weighted by molar-refractivity contribution is 0.281. The Morgan fingerprint density at radius 1 is 1.32 bits per heavy atom. The number of benzene rings is 1. The van der Waals surface area contributed by atoms with Gasteiger partial charge in [0.2, 0.25) is 0 Å². The Hall–Kier alpha value is -1.03. The Morgan fingerprint density at radius 2 is 2.16 bits per heavy atom. The molecule has 0 bridgehead atoms. The second kappa shape index (κ2) is 6.94. The van der Waals surface area contributed by atoms with Gasteiger partial charge in [-0.15, -0.1) is 0 Å². The van der Waals surface area contributed by atoms with Crippen LogP contribution in [0.5, 0.6) is 0 Å². The van der Waals surface area contributed by atoms with Crippen molar-refractivity contribution in [2.75, 3.05) is 13.2 Å². The summed E-state index contributed by atoms with van der Waals surface area (Å²) in [5.41, 5.74) is 2.48. The maximum atomic E-state index is 8.88. The summed E-state index contributed by atoms with van der Waals surface area (Å²) in [7, 11) is 0. The van der Waals surface area contributed by atoms with Gasteiger partial charge in [-0.25, -0.2) is 0 Å². The lowest BCUT2D eigenvalue weighted by atomic mass is 10.2. The van der Waals surface area contributed by atoms with Crippen LogP contribution in [-0.4, -0.2) is 22.8 Å². The molecule has 2 N–H and O–H groups in total. The fourth-order valence-electron chi connectivity index (χ4n) is 2.32. The van der Waals surface area contributed by atoms with Crippen molar-refractivity contribution >= 4 is 22.5 Å². The van der Waals surface area contributed by atoms with Gasteiger partial charge in [0, 0.05) is 41.8 Å². The number of aromatic nitrogens is 1. The average Bonchev–Trinajstić information content (AvgIpc) is 2.74. The predicted molar refractivity (Wildman–Crippen MR) is 80.6 cm³/mol. The molecule has 0 spiro atoms. The highest BCUT2D eigenvalue weighted by Gasteiger charge is 2.08. The third kappa shape index (κ3) is 3.50. The first-order valence-electron chi connectivity index (χ1n) is 6.85. The van der Waals surface area contributed by atoms with E-state index in [-0.39, 0.29) is 6.61 Å².